The standard InChI is InChI=1S/C13H22N2O3/c1-2-18-13(17)11(14)8-5-7-10-6-3-4-9-12(16)15-10/h5,8,10-11H,2-4,6-7,9,14H2,1H3,(H,15,16). The molecule has 0 radical (unpaired) electrons. The molecule has 1 heterocycles. The number of rotatable bonds is 5. The van der Waals surface area contributed by atoms with Gasteiger partial charge in [-0.15, -0.1) is 0 Å². The number of hydrogen-bond donors (Lipinski definition) is 2. The lowest BCUT2D eigenvalue weighted by Crippen LogP contribution is -2.33. The van der Waals surface area contributed by atoms with Crippen molar-refractivity contribution in [3.8, 4) is 0 Å². The molecule has 1 saturated heterocycles. The molecule has 18 heavy (non-hydrogen) atoms. The van der Waals surface area contributed by atoms with Gasteiger partial charge in [-0.3, -0.25) is 9.59 Å². The van der Waals surface area contributed by atoms with Crippen LogP contribution < -0.4 is 11.1 Å². The van der Waals surface area contributed by atoms with Crippen molar-refractivity contribution in [2.75, 3.05) is 6.61 Å². The highest BCUT2D eigenvalue weighted by Crippen LogP contribution is 2.12. The smallest absolute Gasteiger partial charge is 0.326 e. The molecule has 1 amide bonds. The summed E-state index contributed by atoms with van der Waals surface area (Å²) in [7, 11) is 0. The topological polar surface area (TPSA) is 81.4 Å². The molecule has 0 saturated carbocycles. The molecular weight excluding hydrogens is 232 g/mol. The third kappa shape index (κ3) is 5.31. The van der Waals surface area contributed by atoms with Crippen LogP contribution in [0.15, 0.2) is 12.2 Å². The molecule has 0 aliphatic carbocycles. The summed E-state index contributed by atoms with van der Waals surface area (Å²) in [5, 5.41) is 2.96. The van der Waals surface area contributed by atoms with Gasteiger partial charge >= 0.3 is 5.97 Å². The normalized spacial score (nSPS) is 22.3. The van der Waals surface area contributed by atoms with Gasteiger partial charge in [-0.25, -0.2) is 0 Å². The molecule has 5 heteroatoms. The van der Waals surface area contributed by atoms with Crippen LogP contribution in [0.2, 0.25) is 0 Å². The number of nitrogens with one attached hydrogen (secondary N) is 1. The lowest BCUT2D eigenvalue weighted by atomic mass is 10.1. The fourth-order valence-electron chi connectivity index (χ4n) is 1.93. The van der Waals surface area contributed by atoms with Crippen LogP contribution in [0, 0.1) is 0 Å². The Bertz CT molecular complexity index is 315. The van der Waals surface area contributed by atoms with E-state index in [1.54, 1.807) is 13.0 Å². The third-order valence-electron chi connectivity index (χ3n) is 2.89. The maximum absolute atomic E-state index is 11.3. The Hall–Kier alpha value is -1.36. The van der Waals surface area contributed by atoms with Crippen molar-refractivity contribution in [1.29, 1.82) is 0 Å². The zero-order valence-electron chi connectivity index (χ0n) is 10.9. The molecule has 0 aromatic carbocycles. The van der Waals surface area contributed by atoms with Gasteiger partial charge in [-0.1, -0.05) is 18.6 Å². The van der Waals surface area contributed by atoms with E-state index < -0.39 is 12.0 Å². The number of esters is 1. The SMILES string of the molecule is CCOC(=O)C(N)C=CCC1CCCCC(=O)N1. The highest BCUT2D eigenvalue weighted by Gasteiger charge is 2.15. The maximum atomic E-state index is 11.3. The molecule has 0 aromatic heterocycles. The summed E-state index contributed by atoms with van der Waals surface area (Å²) in [4.78, 5) is 22.6. The first kappa shape index (κ1) is 14.7. The summed E-state index contributed by atoms with van der Waals surface area (Å²) in [5.74, 6) is -0.306. The summed E-state index contributed by atoms with van der Waals surface area (Å²) >= 11 is 0. The second-order valence-corrected chi connectivity index (χ2v) is 4.45. The van der Waals surface area contributed by atoms with Gasteiger partial charge in [0.1, 0.15) is 6.04 Å². The molecule has 1 aliphatic rings. The minimum absolute atomic E-state index is 0.112. The van der Waals surface area contributed by atoms with E-state index in [9.17, 15) is 9.59 Å². The third-order valence-corrected chi connectivity index (χ3v) is 2.89. The molecule has 0 spiro atoms. The van der Waals surface area contributed by atoms with E-state index in [0.29, 0.717) is 19.4 Å². The Morgan fingerprint density at radius 2 is 2.39 bits per heavy atom. The van der Waals surface area contributed by atoms with Gasteiger partial charge in [-0.05, 0) is 26.2 Å². The molecule has 2 unspecified atom stereocenters. The van der Waals surface area contributed by atoms with Crippen LogP contribution in [0.5, 0.6) is 0 Å². The molecule has 3 N–H and O–H groups in total. The lowest BCUT2D eigenvalue weighted by molar-refractivity contribution is -0.143. The minimum atomic E-state index is -0.716. The van der Waals surface area contributed by atoms with Crippen LogP contribution in [0.25, 0.3) is 0 Å². The fourth-order valence-corrected chi connectivity index (χ4v) is 1.93. The predicted molar refractivity (Wildman–Crippen MR) is 68.8 cm³/mol. The number of carbonyl (C=O) groups excluding carboxylic acids is 2. The van der Waals surface area contributed by atoms with Crippen molar-refractivity contribution in [1.82, 2.24) is 5.32 Å². The second-order valence-electron chi connectivity index (χ2n) is 4.45. The van der Waals surface area contributed by atoms with Crippen LogP contribution in [-0.4, -0.2) is 30.6 Å². The predicted octanol–water partition coefficient (Wildman–Crippen LogP) is 0.882. The van der Waals surface area contributed by atoms with Crippen LogP contribution >= 0.6 is 0 Å². The first-order chi connectivity index (χ1) is 8.63. The van der Waals surface area contributed by atoms with Crippen molar-refractivity contribution >= 4 is 11.9 Å². The molecule has 1 rings (SSSR count). The second kappa shape index (κ2) is 7.87. The van der Waals surface area contributed by atoms with Crippen LogP contribution in [0.3, 0.4) is 0 Å². The van der Waals surface area contributed by atoms with Crippen LogP contribution in [-0.2, 0) is 14.3 Å². The highest BCUT2D eigenvalue weighted by atomic mass is 16.5. The first-order valence-electron chi connectivity index (χ1n) is 6.51. The van der Waals surface area contributed by atoms with Gasteiger partial charge in [0.2, 0.25) is 5.91 Å². The fraction of sp³-hybridized carbons (Fsp3) is 0.692. The quantitative estimate of drug-likeness (QED) is 0.563. The summed E-state index contributed by atoms with van der Waals surface area (Å²) in [6, 6.07) is -0.558. The molecule has 0 bridgehead atoms. The van der Waals surface area contributed by atoms with Gasteiger partial charge in [-0.2, -0.15) is 0 Å². The zero-order chi connectivity index (χ0) is 13.4. The lowest BCUT2D eigenvalue weighted by Gasteiger charge is -2.13. The monoisotopic (exact) mass is 254 g/mol. The number of hydrogen-bond acceptors (Lipinski definition) is 4. The van der Waals surface area contributed by atoms with Crippen molar-refractivity contribution in [2.45, 2.75) is 51.1 Å². The van der Waals surface area contributed by atoms with E-state index in [2.05, 4.69) is 5.32 Å². The van der Waals surface area contributed by atoms with Crippen molar-refractivity contribution in [3.05, 3.63) is 12.2 Å². The van der Waals surface area contributed by atoms with Gasteiger partial charge in [0.25, 0.3) is 0 Å². The number of ether oxygens (including phenoxy) is 1. The summed E-state index contributed by atoms with van der Waals surface area (Å²) < 4.78 is 4.80. The summed E-state index contributed by atoms with van der Waals surface area (Å²) in [6.07, 6.45) is 7.79. The minimum Gasteiger partial charge on any atom is -0.465 e. The largest absolute Gasteiger partial charge is 0.465 e. The number of nitrogens with two attached hydrogens (primary N) is 1. The van der Waals surface area contributed by atoms with Crippen molar-refractivity contribution in [2.24, 2.45) is 5.73 Å². The van der Waals surface area contributed by atoms with E-state index >= 15 is 0 Å². The molecule has 0 aromatic rings. The van der Waals surface area contributed by atoms with E-state index in [1.165, 1.54) is 0 Å². The van der Waals surface area contributed by atoms with E-state index in [1.807, 2.05) is 6.08 Å². The Morgan fingerprint density at radius 1 is 1.61 bits per heavy atom. The van der Waals surface area contributed by atoms with E-state index in [0.717, 1.165) is 19.3 Å². The molecule has 1 fully saturated rings. The van der Waals surface area contributed by atoms with Gasteiger partial charge < -0.3 is 15.8 Å². The number of amides is 1. The van der Waals surface area contributed by atoms with Gasteiger partial charge in [0.05, 0.1) is 6.61 Å². The van der Waals surface area contributed by atoms with E-state index in [4.69, 9.17) is 10.5 Å². The molecule has 2 atom stereocenters. The summed E-state index contributed by atoms with van der Waals surface area (Å²) in [6.45, 7) is 2.08. The number of carbonyl (C=O) groups is 2. The Balaban J connectivity index is 2.34. The molecule has 1 aliphatic heterocycles. The maximum Gasteiger partial charge on any atom is 0.326 e. The molecule has 102 valence electrons. The Kier molecular flexibility index (Phi) is 6.43. The Labute approximate surface area is 108 Å². The Morgan fingerprint density at radius 3 is 3.11 bits per heavy atom. The van der Waals surface area contributed by atoms with E-state index in [-0.39, 0.29) is 11.9 Å². The van der Waals surface area contributed by atoms with Crippen LogP contribution in [0.1, 0.15) is 39.0 Å². The first-order valence-corrected chi connectivity index (χ1v) is 6.51. The average molecular weight is 254 g/mol. The van der Waals surface area contributed by atoms with Crippen molar-refractivity contribution < 1.29 is 14.3 Å². The summed E-state index contributed by atoms with van der Waals surface area (Å²) in [5.41, 5.74) is 5.63. The van der Waals surface area contributed by atoms with Gasteiger partial charge in [0, 0.05) is 12.5 Å². The highest BCUT2D eigenvalue weighted by molar-refractivity contribution is 5.77. The molecule has 5 nitrogen and oxygen atoms in total. The average Bonchev–Trinajstić information content (AvgIpc) is 2.54. The zero-order valence-corrected chi connectivity index (χ0v) is 10.9. The van der Waals surface area contributed by atoms with Crippen molar-refractivity contribution in [3.63, 3.8) is 0 Å². The molecular formula is C13H22N2O3. The van der Waals surface area contributed by atoms with Crippen LogP contribution in [0.4, 0.5) is 0 Å². The van der Waals surface area contributed by atoms with Gasteiger partial charge in [0.15, 0.2) is 0 Å².